The van der Waals surface area contributed by atoms with Crippen molar-refractivity contribution in [3.05, 3.63) is 120 Å². The molecule has 0 aliphatic carbocycles. The van der Waals surface area contributed by atoms with Crippen LogP contribution in [0.4, 0.5) is 9.59 Å². The summed E-state index contributed by atoms with van der Waals surface area (Å²) in [6.07, 6.45) is 0.0143. The number of nitrogens with one attached hydrogen (secondary N) is 3. The molecule has 1 aliphatic heterocycles. The number of carbonyl (C=O) groups excluding carboxylic acids is 4. The van der Waals surface area contributed by atoms with E-state index in [0.717, 1.165) is 33.8 Å². The third-order valence-electron chi connectivity index (χ3n) is 10.4. The van der Waals surface area contributed by atoms with Crippen molar-refractivity contribution in [2.24, 2.45) is 10.8 Å². The van der Waals surface area contributed by atoms with Gasteiger partial charge in [-0.1, -0.05) is 108 Å². The van der Waals surface area contributed by atoms with Crippen LogP contribution in [0, 0.1) is 17.8 Å². The molecule has 2 aromatic heterocycles. The smallest absolute Gasteiger partial charge is 0.407 e. The van der Waals surface area contributed by atoms with Gasteiger partial charge in [0.2, 0.25) is 5.91 Å². The topological polar surface area (TPSA) is 169 Å². The first kappa shape index (κ1) is 45.2. The van der Waals surface area contributed by atoms with Gasteiger partial charge in [0.1, 0.15) is 12.1 Å². The molecule has 4 aromatic rings. The van der Waals surface area contributed by atoms with E-state index in [9.17, 15) is 24.3 Å². The zero-order valence-corrected chi connectivity index (χ0v) is 36.0. The van der Waals surface area contributed by atoms with Crippen molar-refractivity contribution in [3.63, 3.8) is 0 Å². The van der Waals surface area contributed by atoms with Gasteiger partial charge in [0.05, 0.1) is 37.2 Å². The van der Waals surface area contributed by atoms with Crippen LogP contribution in [0.2, 0.25) is 0 Å². The lowest BCUT2D eigenvalue weighted by molar-refractivity contribution is -0.133. The number of nitrogens with zero attached hydrogens (tertiary/aromatic N) is 5. The Hall–Kier alpha value is -5.86. The fourth-order valence-corrected chi connectivity index (χ4v) is 7.40. The standard InChI is InChI=1S/C46H60N8O6/c1-31-15-14-18-35(48-31)29-52-25-26-54(44(52)59)40(46(5,6)7)42(57)49-37(27-32-16-10-9-11-17-32)38(55)30-53(51-41(56)39(45(2,3)4)50-43(58)60-8)28-33-20-22-34(23-21-33)36-19-12-13-24-47-36/h9-24,37-40,55H,25-30H2,1-8H3,(H,49,57)(H,50,58)(H,51,56)/t37-,38+,39-,40-/m1/s1. The number of rotatable bonds is 16. The quantitative estimate of drug-likeness (QED) is 0.107. The molecule has 1 fully saturated rings. The summed E-state index contributed by atoms with van der Waals surface area (Å²) in [6.45, 7) is 14.3. The normalized spacial score (nSPS) is 15.3. The second-order valence-electron chi connectivity index (χ2n) is 17.5. The number of hydrogen-bond acceptors (Lipinski definition) is 9. The van der Waals surface area contributed by atoms with Crippen LogP contribution in [-0.2, 0) is 33.8 Å². The van der Waals surface area contributed by atoms with Crippen molar-refractivity contribution in [1.29, 1.82) is 0 Å². The maximum atomic E-state index is 14.6. The Labute approximate surface area is 353 Å². The highest BCUT2D eigenvalue weighted by atomic mass is 16.5. The lowest BCUT2D eigenvalue weighted by Crippen LogP contribution is -2.61. The molecule has 2 aromatic carbocycles. The molecule has 4 N–H and O–H groups in total. The number of alkyl carbamates (subject to hydrolysis) is 1. The van der Waals surface area contributed by atoms with E-state index in [1.807, 2.05) is 139 Å². The van der Waals surface area contributed by atoms with Crippen LogP contribution in [0.3, 0.4) is 0 Å². The van der Waals surface area contributed by atoms with Gasteiger partial charge in [-0.05, 0) is 59.6 Å². The number of methoxy groups -OCH3 is 1. The first-order valence-corrected chi connectivity index (χ1v) is 20.3. The average Bonchev–Trinajstić information content (AvgIpc) is 3.54. The third-order valence-corrected chi connectivity index (χ3v) is 10.4. The van der Waals surface area contributed by atoms with Gasteiger partial charge >= 0.3 is 12.1 Å². The molecule has 5 rings (SSSR count). The zero-order valence-electron chi connectivity index (χ0n) is 36.0. The second-order valence-corrected chi connectivity index (χ2v) is 17.5. The number of hydrazine groups is 1. The van der Waals surface area contributed by atoms with Crippen LogP contribution in [0.15, 0.2) is 97.2 Å². The van der Waals surface area contributed by atoms with E-state index >= 15 is 0 Å². The molecule has 0 unspecified atom stereocenters. The largest absolute Gasteiger partial charge is 0.453 e. The zero-order chi connectivity index (χ0) is 43.6. The number of hydrogen-bond donors (Lipinski definition) is 4. The van der Waals surface area contributed by atoms with E-state index in [-0.39, 0.29) is 25.5 Å². The summed E-state index contributed by atoms with van der Waals surface area (Å²) in [6, 6.07) is 25.7. The number of amides is 5. The Morgan fingerprint density at radius 2 is 1.53 bits per heavy atom. The molecule has 320 valence electrons. The van der Waals surface area contributed by atoms with Crippen molar-refractivity contribution >= 4 is 23.9 Å². The molecular weight excluding hydrogens is 761 g/mol. The average molecular weight is 821 g/mol. The van der Waals surface area contributed by atoms with Gasteiger partial charge in [0.15, 0.2) is 0 Å². The minimum atomic E-state index is -1.22. The molecule has 4 atom stereocenters. The number of aliphatic hydroxyl groups is 1. The van der Waals surface area contributed by atoms with Crippen molar-refractivity contribution in [3.8, 4) is 11.3 Å². The van der Waals surface area contributed by atoms with Crippen molar-refractivity contribution in [1.82, 2.24) is 40.8 Å². The third kappa shape index (κ3) is 12.3. The fourth-order valence-electron chi connectivity index (χ4n) is 7.40. The molecule has 0 spiro atoms. The predicted octanol–water partition coefficient (Wildman–Crippen LogP) is 5.50. The highest BCUT2D eigenvalue weighted by molar-refractivity contribution is 5.89. The van der Waals surface area contributed by atoms with E-state index in [1.165, 1.54) is 7.11 Å². The van der Waals surface area contributed by atoms with Gasteiger partial charge in [0.25, 0.3) is 5.91 Å². The van der Waals surface area contributed by atoms with E-state index in [0.29, 0.717) is 19.6 Å². The summed E-state index contributed by atoms with van der Waals surface area (Å²) in [5.74, 6) is -0.915. The van der Waals surface area contributed by atoms with Crippen LogP contribution in [0.1, 0.15) is 64.1 Å². The number of urea groups is 1. The van der Waals surface area contributed by atoms with Crippen molar-refractivity contribution < 1.29 is 29.0 Å². The van der Waals surface area contributed by atoms with Gasteiger partial charge < -0.3 is 30.3 Å². The molecule has 60 heavy (non-hydrogen) atoms. The highest BCUT2D eigenvalue weighted by Crippen LogP contribution is 2.29. The SMILES string of the molecule is COC(=O)N[C@H](C(=O)NN(Cc1ccc(-c2ccccn2)cc1)C[C@H](O)[C@@H](Cc1ccccc1)NC(=O)[C@@H](N1CCN(Cc2cccc(C)n2)C1=O)C(C)(C)C)C(C)(C)C. The van der Waals surface area contributed by atoms with E-state index in [1.54, 1.807) is 21.0 Å². The fraction of sp³-hybridized carbons (Fsp3) is 0.435. The number of ether oxygens (including phenoxy) is 1. The van der Waals surface area contributed by atoms with Gasteiger partial charge in [0, 0.05) is 43.6 Å². The van der Waals surface area contributed by atoms with Crippen molar-refractivity contribution in [2.45, 2.75) is 92.2 Å². The minimum Gasteiger partial charge on any atom is -0.453 e. The van der Waals surface area contributed by atoms with Gasteiger partial charge in [-0.15, -0.1) is 0 Å². The lowest BCUT2D eigenvalue weighted by atomic mass is 9.84. The number of carbonyl (C=O) groups is 4. The highest BCUT2D eigenvalue weighted by Gasteiger charge is 2.44. The number of aliphatic hydroxyl groups excluding tert-OH is 1. The first-order valence-electron chi connectivity index (χ1n) is 20.3. The second kappa shape index (κ2) is 19.9. The molecule has 14 nitrogen and oxygen atoms in total. The Balaban J connectivity index is 1.42. The molecule has 14 heteroatoms. The van der Waals surface area contributed by atoms with Crippen LogP contribution in [0.25, 0.3) is 11.3 Å². The maximum absolute atomic E-state index is 14.6. The number of benzene rings is 2. The van der Waals surface area contributed by atoms with E-state index in [4.69, 9.17) is 4.74 Å². The van der Waals surface area contributed by atoms with Gasteiger partial charge in [-0.2, -0.15) is 0 Å². The Kier molecular flexibility index (Phi) is 15.0. The number of aromatic nitrogens is 2. The molecule has 3 heterocycles. The van der Waals surface area contributed by atoms with Crippen molar-refractivity contribution in [2.75, 3.05) is 26.7 Å². The summed E-state index contributed by atoms with van der Waals surface area (Å²) in [7, 11) is 1.23. The monoisotopic (exact) mass is 820 g/mol. The molecule has 0 bridgehead atoms. The molecular formula is C46H60N8O6. The first-order chi connectivity index (χ1) is 28.4. The van der Waals surface area contributed by atoms with Crippen LogP contribution in [-0.4, -0.2) is 105 Å². The molecule has 1 saturated heterocycles. The Morgan fingerprint density at radius 3 is 2.15 bits per heavy atom. The Bertz CT molecular complexity index is 2050. The van der Waals surface area contributed by atoms with Crippen LogP contribution < -0.4 is 16.1 Å². The van der Waals surface area contributed by atoms with E-state index in [2.05, 4.69) is 26.0 Å². The summed E-state index contributed by atoms with van der Waals surface area (Å²) in [4.78, 5) is 67.2. The minimum absolute atomic E-state index is 0.110. The van der Waals surface area contributed by atoms with E-state index < -0.39 is 53.0 Å². The number of aryl methyl sites for hydroxylation is 1. The predicted molar refractivity (Wildman–Crippen MR) is 230 cm³/mol. The maximum Gasteiger partial charge on any atom is 0.407 e. The lowest BCUT2D eigenvalue weighted by Gasteiger charge is -2.38. The summed E-state index contributed by atoms with van der Waals surface area (Å²) in [5.41, 5.74) is 6.62. The Morgan fingerprint density at radius 1 is 0.833 bits per heavy atom. The summed E-state index contributed by atoms with van der Waals surface area (Å²) >= 11 is 0. The van der Waals surface area contributed by atoms with Gasteiger partial charge in [-0.3, -0.25) is 25.0 Å². The number of pyridine rings is 2. The molecule has 0 radical (unpaired) electrons. The summed E-state index contributed by atoms with van der Waals surface area (Å²) < 4.78 is 4.83. The van der Waals surface area contributed by atoms with Crippen LogP contribution in [0.5, 0.6) is 0 Å². The van der Waals surface area contributed by atoms with Gasteiger partial charge in [-0.25, -0.2) is 14.6 Å². The molecule has 0 saturated carbocycles. The summed E-state index contributed by atoms with van der Waals surface area (Å²) in [5, 5.41) is 19.6. The molecule has 5 amide bonds. The molecule has 1 aliphatic rings. The van der Waals surface area contributed by atoms with Crippen LogP contribution >= 0.6 is 0 Å².